The average Bonchev–Trinajstić information content (AvgIpc) is 3.05. The lowest BCUT2D eigenvalue weighted by Gasteiger charge is -2.39. The van der Waals surface area contributed by atoms with Crippen molar-refractivity contribution in [1.29, 1.82) is 0 Å². The van der Waals surface area contributed by atoms with Crippen molar-refractivity contribution in [3.05, 3.63) is 12.2 Å². The molecule has 1 fully saturated rings. The van der Waals surface area contributed by atoms with Gasteiger partial charge in [0.2, 0.25) is 0 Å². The van der Waals surface area contributed by atoms with Crippen LogP contribution in [0.4, 0.5) is 4.79 Å². The van der Waals surface area contributed by atoms with Crippen molar-refractivity contribution in [3.63, 3.8) is 0 Å². The van der Waals surface area contributed by atoms with Crippen LogP contribution in [0.5, 0.6) is 0 Å². The first-order chi connectivity index (χ1) is 18.6. The lowest BCUT2D eigenvalue weighted by molar-refractivity contribution is -0.147. The van der Waals surface area contributed by atoms with E-state index in [2.05, 4.69) is 52.2 Å². The zero-order valence-electron chi connectivity index (χ0n) is 27.2. The van der Waals surface area contributed by atoms with Crippen molar-refractivity contribution < 1.29 is 28.6 Å². The Labute approximate surface area is 246 Å². The Hall–Kier alpha value is -1.38. The van der Waals surface area contributed by atoms with E-state index in [9.17, 15) is 14.7 Å². The summed E-state index contributed by atoms with van der Waals surface area (Å²) in [6.07, 6.45) is 17.0. The number of aliphatic hydroxyl groups is 1. The van der Waals surface area contributed by atoms with E-state index in [1.165, 1.54) is 64.2 Å². The summed E-state index contributed by atoms with van der Waals surface area (Å²) in [5.41, 5.74) is -2.47. The van der Waals surface area contributed by atoms with Crippen molar-refractivity contribution in [2.75, 3.05) is 6.61 Å². The summed E-state index contributed by atoms with van der Waals surface area (Å²) in [6, 6.07) is 0. The van der Waals surface area contributed by atoms with Crippen molar-refractivity contribution >= 4 is 20.4 Å². The third-order valence-corrected chi connectivity index (χ3v) is 12.7. The van der Waals surface area contributed by atoms with Crippen LogP contribution in [-0.4, -0.2) is 55.4 Å². The van der Waals surface area contributed by atoms with Gasteiger partial charge in [0.05, 0.1) is 6.61 Å². The second kappa shape index (κ2) is 16.9. The second-order valence-corrected chi connectivity index (χ2v) is 18.9. The maximum Gasteiger partial charge on any atom is 0.408 e. The summed E-state index contributed by atoms with van der Waals surface area (Å²) in [7, 11) is -2.29. The fourth-order valence-corrected chi connectivity index (χ4v) is 5.52. The molecule has 234 valence electrons. The Bertz CT molecular complexity index is 785. The molecular weight excluding hydrogens is 522 g/mol. The zero-order chi connectivity index (χ0) is 30.5. The number of aliphatic hydroxyl groups excluding tert-OH is 1. The molecule has 0 aromatic rings. The van der Waals surface area contributed by atoms with E-state index in [0.717, 1.165) is 12.8 Å². The Morgan fingerprint density at radius 1 is 0.950 bits per heavy atom. The lowest BCUT2D eigenvalue weighted by Crippen LogP contribution is -2.64. The number of alkyl carbamates (subject to hydrolysis) is 1. The molecule has 1 aliphatic rings. The van der Waals surface area contributed by atoms with Gasteiger partial charge < -0.3 is 24.3 Å². The molecule has 1 amide bonds. The van der Waals surface area contributed by atoms with Gasteiger partial charge in [-0.2, -0.15) is 0 Å². The van der Waals surface area contributed by atoms with Gasteiger partial charge in [-0.1, -0.05) is 104 Å². The predicted octanol–water partition coefficient (Wildman–Crippen LogP) is 8.21. The highest BCUT2D eigenvalue weighted by atomic mass is 28.4. The van der Waals surface area contributed by atoms with Gasteiger partial charge in [0.1, 0.15) is 17.8 Å². The van der Waals surface area contributed by atoms with Crippen molar-refractivity contribution in [2.24, 2.45) is 0 Å². The molecule has 0 radical (unpaired) electrons. The maximum atomic E-state index is 13.2. The van der Waals surface area contributed by atoms with E-state index in [-0.39, 0.29) is 11.6 Å². The van der Waals surface area contributed by atoms with E-state index < -0.39 is 43.7 Å². The van der Waals surface area contributed by atoms with Crippen molar-refractivity contribution in [1.82, 2.24) is 5.32 Å². The first-order valence-corrected chi connectivity index (χ1v) is 18.7. The molecule has 1 aliphatic heterocycles. The number of ether oxygens (including phenoxy) is 2. The molecule has 2 N–H and O–H groups in total. The lowest BCUT2D eigenvalue weighted by atomic mass is 9.91. The van der Waals surface area contributed by atoms with Crippen LogP contribution in [0.3, 0.4) is 0 Å². The molecule has 0 unspecified atom stereocenters. The number of nitrogens with one attached hydrogen (secondary N) is 1. The van der Waals surface area contributed by atoms with E-state index in [1.54, 1.807) is 20.8 Å². The largest absolute Gasteiger partial charge is 0.457 e. The van der Waals surface area contributed by atoms with Crippen LogP contribution in [0.1, 0.15) is 132 Å². The zero-order valence-corrected chi connectivity index (χ0v) is 28.2. The third-order valence-electron chi connectivity index (χ3n) is 8.18. The minimum absolute atomic E-state index is 0.107. The standard InChI is InChI=1S/C32H61NO6Si/c1-10-11-12-13-14-15-16-17-18-19-20-21-22-23-24-26-27(34)32(28(35)38-26,33-29(36)39-30(2,3)4)25-37-40(8,9)31(5,6)7/h22-23,26-27,34H,10-21,24-25H2,1-9H3,(H,33,36)/b23-22+/t26-,27-,32+/m1/s1. The summed E-state index contributed by atoms with van der Waals surface area (Å²) >= 11 is 0. The molecule has 3 atom stereocenters. The molecule has 7 nitrogen and oxygen atoms in total. The monoisotopic (exact) mass is 583 g/mol. The van der Waals surface area contributed by atoms with Crippen LogP contribution in [0, 0.1) is 0 Å². The highest BCUT2D eigenvalue weighted by molar-refractivity contribution is 6.74. The van der Waals surface area contributed by atoms with Crippen LogP contribution < -0.4 is 5.32 Å². The summed E-state index contributed by atoms with van der Waals surface area (Å²) in [6.45, 7) is 17.8. The number of amides is 1. The smallest absolute Gasteiger partial charge is 0.408 e. The van der Waals surface area contributed by atoms with Crippen LogP contribution in [0.2, 0.25) is 18.1 Å². The Balaban J connectivity index is 2.62. The molecule has 0 spiro atoms. The van der Waals surface area contributed by atoms with E-state index in [0.29, 0.717) is 6.42 Å². The molecule has 0 saturated carbocycles. The fourth-order valence-electron chi connectivity index (χ4n) is 4.50. The van der Waals surface area contributed by atoms with Crippen molar-refractivity contribution in [3.8, 4) is 0 Å². The average molecular weight is 584 g/mol. The molecule has 0 bridgehead atoms. The number of carbonyl (C=O) groups excluding carboxylic acids is 2. The number of hydrogen-bond acceptors (Lipinski definition) is 6. The minimum atomic E-state index is -2.29. The highest BCUT2D eigenvalue weighted by Gasteiger charge is 2.59. The quantitative estimate of drug-likeness (QED) is 0.0731. The number of hydrogen-bond donors (Lipinski definition) is 2. The number of esters is 1. The molecule has 1 saturated heterocycles. The van der Waals surface area contributed by atoms with Crippen LogP contribution >= 0.6 is 0 Å². The van der Waals surface area contributed by atoms with Gasteiger partial charge >= 0.3 is 12.1 Å². The number of carbonyl (C=O) groups is 2. The van der Waals surface area contributed by atoms with Crippen LogP contribution in [0.15, 0.2) is 12.2 Å². The maximum absolute atomic E-state index is 13.2. The number of cyclic esters (lactones) is 1. The molecule has 8 heteroatoms. The Kier molecular flexibility index (Phi) is 15.5. The molecular formula is C32H61NO6Si. The molecule has 1 heterocycles. The minimum Gasteiger partial charge on any atom is -0.457 e. The predicted molar refractivity (Wildman–Crippen MR) is 166 cm³/mol. The van der Waals surface area contributed by atoms with Gasteiger partial charge in [0.25, 0.3) is 0 Å². The summed E-state index contributed by atoms with van der Waals surface area (Å²) < 4.78 is 17.3. The highest BCUT2D eigenvalue weighted by Crippen LogP contribution is 2.38. The van der Waals surface area contributed by atoms with E-state index in [4.69, 9.17) is 13.9 Å². The van der Waals surface area contributed by atoms with Gasteiger partial charge in [-0.05, 0) is 51.7 Å². The van der Waals surface area contributed by atoms with Crippen LogP contribution in [0.25, 0.3) is 0 Å². The normalized spacial score (nSPS) is 22.1. The van der Waals surface area contributed by atoms with Gasteiger partial charge in [-0.3, -0.25) is 0 Å². The molecule has 40 heavy (non-hydrogen) atoms. The Morgan fingerprint density at radius 2 is 1.48 bits per heavy atom. The van der Waals surface area contributed by atoms with Gasteiger partial charge in [-0.25, -0.2) is 9.59 Å². The Morgan fingerprint density at radius 3 is 1.98 bits per heavy atom. The first-order valence-electron chi connectivity index (χ1n) is 15.7. The van der Waals surface area contributed by atoms with Crippen LogP contribution in [-0.2, 0) is 18.7 Å². The molecule has 0 aromatic carbocycles. The fraction of sp³-hybridized carbons (Fsp3) is 0.875. The SMILES string of the molecule is CCCCCCCCCCCCC/C=C/C[C@H]1OC(=O)[C@@](CO[Si](C)(C)C(C)(C)C)(NC(=O)OC(C)(C)C)[C@@H]1O. The van der Waals surface area contributed by atoms with Gasteiger partial charge in [0.15, 0.2) is 13.9 Å². The number of allylic oxidation sites excluding steroid dienone is 1. The van der Waals surface area contributed by atoms with E-state index >= 15 is 0 Å². The summed E-state index contributed by atoms with van der Waals surface area (Å²) in [5, 5.41) is 13.8. The van der Waals surface area contributed by atoms with Crippen molar-refractivity contribution in [2.45, 2.75) is 173 Å². The molecule has 1 rings (SSSR count). The third kappa shape index (κ3) is 12.6. The molecule has 0 aromatic heterocycles. The van der Waals surface area contributed by atoms with E-state index in [1.807, 2.05) is 6.08 Å². The summed E-state index contributed by atoms with van der Waals surface area (Å²) in [4.78, 5) is 25.9. The van der Waals surface area contributed by atoms with Gasteiger partial charge in [-0.15, -0.1) is 0 Å². The summed E-state index contributed by atoms with van der Waals surface area (Å²) in [5.74, 6) is -0.687. The molecule has 0 aliphatic carbocycles. The first kappa shape index (κ1) is 36.6. The number of rotatable bonds is 18. The number of unbranched alkanes of at least 4 members (excludes halogenated alkanes) is 11. The topological polar surface area (TPSA) is 94.1 Å². The van der Waals surface area contributed by atoms with Gasteiger partial charge in [0, 0.05) is 6.42 Å². The second-order valence-electron chi connectivity index (χ2n) is 14.1.